The Hall–Kier alpha value is -2.43. The first-order chi connectivity index (χ1) is 12.8. The quantitative estimate of drug-likeness (QED) is 0.624. The van der Waals surface area contributed by atoms with Crippen molar-refractivity contribution < 1.29 is 4.79 Å². The lowest BCUT2D eigenvalue weighted by molar-refractivity contribution is 0.197. The maximum Gasteiger partial charge on any atom is 0.317 e. The highest BCUT2D eigenvalue weighted by Gasteiger charge is 2.12. The largest absolute Gasteiger partial charge is 0.338 e. The zero-order valence-electron chi connectivity index (χ0n) is 15.7. The van der Waals surface area contributed by atoms with Gasteiger partial charge in [-0.05, 0) is 49.1 Å². The molecule has 26 heavy (non-hydrogen) atoms. The maximum absolute atomic E-state index is 12.6. The number of nitrogens with zero attached hydrogens (tertiary/aromatic N) is 3. The van der Waals surface area contributed by atoms with E-state index in [9.17, 15) is 4.79 Å². The van der Waals surface area contributed by atoms with Gasteiger partial charge in [-0.25, -0.2) is 4.79 Å². The van der Waals surface area contributed by atoms with Crippen molar-refractivity contribution in [3.8, 4) is 0 Å². The molecule has 0 saturated heterocycles. The molecular formula is C21H30N4O. The first kappa shape index (κ1) is 19.9. The number of hydrogen-bond acceptors (Lipinski definition) is 3. The minimum absolute atomic E-state index is 0.0340. The smallest absolute Gasteiger partial charge is 0.317 e. The molecule has 0 aliphatic carbocycles. The van der Waals surface area contributed by atoms with Crippen LogP contribution in [0, 0.1) is 0 Å². The third-order valence-corrected chi connectivity index (χ3v) is 4.35. The van der Waals surface area contributed by atoms with Crippen LogP contribution >= 0.6 is 0 Å². The van der Waals surface area contributed by atoms with E-state index < -0.39 is 0 Å². The van der Waals surface area contributed by atoms with E-state index in [2.05, 4.69) is 22.2 Å². The van der Waals surface area contributed by atoms with Crippen LogP contribution < -0.4 is 5.32 Å². The second kappa shape index (κ2) is 12.0. The summed E-state index contributed by atoms with van der Waals surface area (Å²) in [7, 11) is 0. The molecule has 2 aromatic rings. The van der Waals surface area contributed by atoms with Crippen LogP contribution in [0.5, 0.6) is 0 Å². The normalized spacial score (nSPS) is 10.5. The number of rotatable bonds is 11. The average Bonchev–Trinajstić information content (AvgIpc) is 2.69. The maximum atomic E-state index is 12.6. The van der Waals surface area contributed by atoms with Gasteiger partial charge in [0.15, 0.2) is 0 Å². The lowest BCUT2D eigenvalue weighted by Gasteiger charge is -2.23. The number of aryl methyl sites for hydroxylation is 1. The standard InChI is InChI=1S/C21H30N4O/c1-2-3-6-17-25(18-12-20-9-4-5-13-23-20)21(26)24-14-7-8-19-10-15-22-16-11-19/h4-5,9-11,13,15-16H,2-3,6-8,12,14,17-18H2,1H3,(H,24,26). The minimum Gasteiger partial charge on any atom is -0.338 e. The van der Waals surface area contributed by atoms with Gasteiger partial charge in [0.1, 0.15) is 0 Å². The van der Waals surface area contributed by atoms with E-state index in [-0.39, 0.29) is 6.03 Å². The number of carbonyl (C=O) groups excluding carboxylic acids is 1. The molecule has 1 N–H and O–H groups in total. The summed E-state index contributed by atoms with van der Waals surface area (Å²) in [5.74, 6) is 0. The number of amides is 2. The number of pyridine rings is 2. The van der Waals surface area contributed by atoms with E-state index in [0.29, 0.717) is 13.1 Å². The molecule has 0 atom stereocenters. The SMILES string of the molecule is CCCCCN(CCc1ccccn1)C(=O)NCCCc1ccncc1. The molecule has 0 aromatic carbocycles. The first-order valence-corrected chi connectivity index (χ1v) is 9.61. The van der Waals surface area contributed by atoms with Gasteiger partial charge in [-0.1, -0.05) is 25.8 Å². The number of hydrogen-bond donors (Lipinski definition) is 1. The lowest BCUT2D eigenvalue weighted by atomic mass is 10.1. The fourth-order valence-electron chi connectivity index (χ4n) is 2.81. The number of aromatic nitrogens is 2. The van der Waals surface area contributed by atoms with Crippen molar-refractivity contribution in [2.45, 2.75) is 45.4 Å². The molecule has 2 amide bonds. The summed E-state index contributed by atoms with van der Waals surface area (Å²) in [6.45, 7) is 4.38. The van der Waals surface area contributed by atoms with Gasteiger partial charge in [-0.2, -0.15) is 0 Å². The van der Waals surface area contributed by atoms with Gasteiger partial charge >= 0.3 is 6.03 Å². The number of unbranched alkanes of at least 4 members (excludes halogenated alkanes) is 2. The molecule has 0 unspecified atom stereocenters. The van der Waals surface area contributed by atoms with Gasteiger partial charge < -0.3 is 10.2 Å². The molecule has 0 spiro atoms. The summed E-state index contributed by atoms with van der Waals surface area (Å²) in [6.07, 6.45) is 11.4. The molecule has 0 fully saturated rings. The topological polar surface area (TPSA) is 58.1 Å². The predicted octanol–water partition coefficient (Wildman–Crippen LogP) is 3.85. The van der Waals surface area contributed by atoms with Crippen LogP contribution in [0.1, 0.15) is 43.9 Å². The van der Waals surface area contributed by atoms with Crippen LogP contribution in [0.4, 0.5) is 4.79 Å². The third kappa shape index (κ3) is 7.64. The van der Waals surface area contributed by atoms with E-state index in [1.165, 1.54) is 5.56 Å². The lowest BCUT2D eigenvalue weighted by Crippen LogP contribution is -2.42. The zero-order chi connectivity index (χ0) is 18.5. The Balaban J connectivity index is 1.76. The summed E-state index contributed by atoms with van der Waals surface area (Å²) in [4.78, 5) is 22.9. The Labute approximate surface area is 156 Å². The van der Waals surface area contributed by atoms with Gasteiger partial charge in [0.05, 0.1) is 0 Å². The number of nitrogens with one attached hydrogen (secondary N) is 1. The van der Waals surface area contributed by atoms with Crippen LogP contribution in [-0.4, -0.2) is 40.5 Å². The molecule has 5 heteroatoms. The molecule has 2 rings (SSSR count). The Morgan fingerprint density at radius 2 is 1.85 bits per heavy atom. The molecular weight excluding hydrogens is 324 g/mol. The van der Waals surface area contributed by atoms with E-state index >= 15 is 0 Å². The van der Waals surface area contributed by atoms with Crippen molar-refractivity contribution in [3.63, 3.8) is 0 Å². The number of carbonyl (C=O) groups is 1. The van der Waals surface area contributed by atoms with Crippen LogP contribution in [-0.2, 0) is 12.8 Å². The van der Waals surface area contributed by atoms with Gasteiger partial charge in [0, 0.05) is 50.3 Å². The minimum atomic E-state index is 0.0340. The first-order valence-electron chi connectivity index (χ1n) is 9.61. The third-order valence-electron chi connectivity index (χ3n) is 4.35. The fraction of sp³-hybridized carbons (Fsp3) is 0.476. The second-order valence-electron chi connectivity index (χ2n) is 6.46. The van der Waals surface area contributed by atoms with Crippen molar-refractivity contribution in [1.82, 2.24) is 20.2 Å². The molecule has 0 radical (unpaired) electrons. The van der Waals surface area contributed by atoms with Crippen LogP contribution in [0.25, 0.3) is 0 Å². The molecule has 0 aliphatic heterocycles. The van der Waals surface area contributed by atoms with Gasteiger partial charge in [0.2, 0.25) is 0 Å². The summed E-state index contributed by atoms with van der Waals surface area (Å²) in [6, 6.07) is 9.99. The molecule has 2 aromatic heterocycles. The van der Waals surface area contributed by atoms with Gasteiger partial charge in [-0.3, -0.25) is 9.97 Å². The zero-order valence-corrected chi connectivity index (χ0v) is 15.7. The van der Waals surface area contributed by atoms with Gasteiger partial charge in [-0.15, -0.1) is 0 Å². The summed E-state index contributed by atoms with van der Waals surface area (Å²) in [5.41, 5.74) is 2.28. The van der Waals surface area contributed by atoms with Crippen LogP contribution in [0.3, 0.4) is 0 Å². The van der Waals surface area contributed by atoms with E-state index in [0.717, 1.165) is 50.8 Å². The molecule has 0 bridgehead atoms. The Morgan fingerprint density at radius 3 is 2.58 bits per heavy atom. The predicted molar refractivity (Wildman–Crippen MR) is 105 cm³/mol. The molecule has 5 nitrogen and oxygen atoms in total. The molecule has 2 heterocycles. The molecule has 0 saturated carbocycles. The highest BCUT2D eigenvalue weighted by Crippen LogP contribution is 2.04. The van der Waals surface area contributed by atoms with E-state index in [1.807, 2.05) is 35.2 Å². The molecule has 140 valence electrons. The van der Waals surface area contributed by atoms with Crippen molar-refractivity contribution in [3.05, 3.63) is 60.2 Å². The van der Waals surface area contributed by atoms with Crippen molar-refractivity contribution in [2.24, 2.45) is 0 Å². The van der Waals surface area contributed by atoms with Crippen molar-refractivity contribution in [1.29, 1.82) is 0 Å². The Bertz CT molecular complexity index is 618. The monoisotopic (exact) mass is 354 g/mol. The van der Waals surface area contributed by atoms with Crippen LogP contribution in [0.15, 0.2) is 48.9 Å². The number of urea groups is 1. The second-order valence-corrected chi connectivity index (χ2v) is 6.46. The Morgan fingerprint density at radius 1 is 1.00 bits per heavy atom. The van der Waals surface area contributed by atoms with E-state index in [1.54, 1.807) is 18.6 Å². The Kier molecular flexibility index (Phi) is 9.19. The highest BCUT2D eigenvalue weighted by atomic mass is 16.2. The van der Waals surface area contributed by atoms with Crippen molar-refractivity contribution >= 4 is 6.03 Å². The highest BCUT2D eigenvalue weighted by molar-refractivity contribution is 5.74. The summed E-state index contributed by atoms with van der Waals surface area (Å²) in [5, 5.41) is 3.07. The fourth-order valence-corrected chi connectivity index (χ4v) is 2.81. The average molecular weight is 354 g/mol. The van der Waals surface area contributed by atoms with Crippen LogP contribution in [0.2, 0.25) is 0 Å². The van der Waals surface area contributed by atoms with E-state index in [4.69, 9.17) is 0 Å². The summed E-state index contributed by atoms with van der Waals surface area (Å²) < 4.78 is 0. The molecule has 0 aliphatic rings. The van der Waals surface area contributed by atoms with Gasteiger partial charge in [0.25, 0.3) is 0 Å². The van der Waals surface area contributed by atoms with Crippen molar-refractivity contribution in [2.75, 3.05) is 19.6 Å². The summed E-state index contributed by atoms with van der Waals surface area (Å²) >= 11 is 0.